The normalized spacial score (nSPS) is 27.8. The topological polar surface area (TPSA) is 431 Å². The van der Waals surface area contributed by atoms with Gasteiger partial charge in [-0.3, -0.25) is 38.6 Å². The second-order valence-corrected chi connectivity index (χ2v) is 17.9. The molecule has 0 radical (unpaired) electrons. The van der Waals surface area contributed by atoms with Gasteiger partial charge < -0.3 is 92.0 Å². The van der Waals surface area contributed by atoms with Gasteiger partial charge in [0.1, 0.15) is 42.9 Å². The van der Waals surface area contributed by atoms with E-state index in [0.29, 0.717) is 5.56 Å². The molecule has 0 unspecified atom stereocenters. The number of alkyl carbamates (subject to hydrolysis) is 1. The summed E-state index contributed by atoms with van der Waals surface area (Å²) in [6.07, 6.45) is -14.7. The summed E-state index contributed by atoms with van der Waals surface area (Å²) in [6, 6.07) is 0.184. The van der Waals surface area contributed by atoms with Crippen molar-refractivity contribution in [2.75, 3.05) is 19.6 Å². The third-order valence-corrected chi connectivity index (χ3v) is 12.4. The number of phenolic OH excluding ortho intramolecular Hbond substituents is 1. The summed E-state index contributed by atoms with van der Waals surface area (Å²) in [5.41, 5.74) is 5.98. The van der Waals surface area contributed by atoms with Gasteiger partial charge in [0.15, 0.2) is 11.5 Å². The molecule has 28 nitrogen and oxygen atoms in total. The molecule has 8 amide bonds. The van der Waals surface area contributed by atoms with Gasteiger partial charge >= 0.3 is 35.7 Å². The largest absolute Gasteiger partial charge is 1.00 e. The van der Waals surface area contributed by atoms with Crippen LogP contribution >= 0.6 is 12.3 Å². The molecule has 2 aromatic rings. The Bertz CT molecular complexity index is 2270. The van der Waals surface area contributed by atoms with E-state index in [-0.39, 0.29) is 59.8 Å². The Morgan fingerprint density at radius 1 is 0.836 bits per heavy atom. The van der Waals surface area contributed by atoms with Crippen LogP contribution < -0.4 is 71.3 Å². The number of amides is 8. The van der Waals surface area contributed by atoms with Gasteiger partial charge in [0.05, 0.1) is 43.0 Å². The van der Waals surface area contributed by atoms with Crippen LogP contribution in [0, 0.1) is 5.92 Å². The summed E-state index contributed by atoms with van der Waals surface area (Å²) >= 11 is -0.00564. The number of phenols is 1. The number of carbonyl (C=O) groups excluding carboxylic acids is 8. The number of primary amides is 1. The number of fused-ring (bicyclic) bond motifs is 2. The van der Waals surface area contributed by atoms with Crippen LogP contribution in [0.1, 0.15) is 44.2 Å². The Labute approximate surface area is 442 Å². The summed E-state index contributed by atoms with van der Waals surface area (Å²) in [6.45, 7) is 0.587. The van der Waals surface area contributed by atoms with E-state index in [2.05, 4.69) is 36.0 Å². The summed E-state index contributed by atoms with van der Waals surface area (Å²) in [5.74, 6) is -10.3. The van der Waals surface area contributed by atoms with E-state index in [9.17, 15) is 79.4 Å². The number of carbonyl (C=O) groups is 8. The van der Waals surface area contributed by atoms with E-state index in [0.717, 1.165) is 28.9 Å². The van der Waals surface area contributed by atoms with Crippen molar-refractivity contribution in [2.24, 2.45) is 11.7 Å². The molecule has 73 heavy (non-hydrogen) atoms. The maximum atomic E-state index is 14.5. The molecular weight excluding hydrogens is 1000 g/mol. The van der Waals surface area contributed by atoms with Gasteiger partial charge in [-0.05, 0) is 30.2 Å². The molecule has 0 bridgehead atoms. The molecule has 396 valence electrons. The molecule has 3 fully saturated rings. The molecule has 3 heterocycles. The summed E-state index contributed by atoms with van der Waals surface area (Å²) in [7, 11) is 0. The Morgan fingerprint density at radius 3 is 2.15 bits per heavy atom. The summed E-state index contributed by atoms with van der Waals surface area (Å²) < 4.78 is 14.3. The first-order chi connectivity index (χ1) is 34.1. The number of hydrogen-bond donors (Lipinski definition) is 13. The predicted octanol–water partition coefficient (Wildman–Crippen LogP) is -9.12. The van der Waals surface area contributed by atoms with Crippen molar-refractivity contribution in [2.45, 2.75) is 119 Å². The van der Waals surface area contributed by atoms with E-state index in [4.69, 9.17) is 14.7 Å². The number of benzene rings is 2. The number of ether oxygens (including phenoxy) is 1. The number of nitrogens with two attached hydrogens (primary N) is 1. The van der Waals surface area contributed by atoms with Crippen LogP contribution in [0.2, 0.25) is 0 Å². The molecule has 30 heteroatoms. The van der Waals surface area contributed by atoms with Gasteiger partial charge in [-0.1, -0.05) is 43.3 Å². The minimum Gasteiger partial charge on any atom is -0.691 e. The standard InChI is InChI=1S/C43H58N8O20S.Na/c1-19-16-51-35(36(19)59)40(63)45-15-23(53)12-25(46-43(66)68-18-21-6-4-3-5-7-21)37(60)47-32(20(2)52)41(64)50-17-24(54)13-26(50)38(61)48-33(39(62)49-34(42(51)65)29(57)14-31(44)58)28(56)10-22-8-9-27(55)30(11-22)69-72-71-70-67;/h3-9,11,19-20,23-26,28-29,32-36,52-57,59,67H,10,12-18H2,1-2H3,(H2,44,58)(H,45,63)(H,46,66)(H,47,60)(H,48,61)(H,49,62);/q;+1/p-1/t19-,20+,23+,24+,25-,26-,28+,29+,32-,33-,34-,35-,36-;/m0./s1. The molecule has 13 atom stereocenters. The Hall–Kier alpha value is -5.41. The fraction of sp³-hybridized carbons (Fsp3) is 0.535. The number of nitrogens with one attached hydrogen (secondary N) is 5. The van der Waals surface area contributed by atoms with Crippen molar-refractivity contribution in [3.63, 3.8) is 0 Å². The molecule has 0 aromatic heterocycles. The number of aliphatic hydroxyl groups is 6. The summed E-state index contributed by atoms with van der Waals surface area (Å²) in [4.78, 5) is 112. The number of β-amino-alcohol motifs (C(OH)–C–C–N with tert-alkyl or cyclic N) is 1. The van der Waals surface area contributed by atoms with Gasteiger partial charge in [-0.15, -0.1) is 4.33 Å². The number of aromatic hydroxyl groups is 1. The molecule has 3 saturated heterocycles. The van der Waals surface area contributed by atoms with Crippen molar-refractivity contribution < 1.29 is 127 Å². The molecule has 5 rings (SSSR count). The summed E-state index contributed by atoms with van der Waals surface area (Å²) in [5, 5.41) is 102. The SMILES string of the molecule is C[C@@H](O)[C@@H]1NC(=O)[C@@H](NC(=O)OCc2ccccc2)C[C@@H](O)CNC(=O)[C@@H]2[C@@H](O)[C@@H](C)CN2C(=O)[C@H]([C@H](O)CC(N)=O)NC(=O)[C@H]([C@H](O)Cc2ccc(O)c(OSOO[O-])c2)NC(=O)[C@@H]2C[C@@H](O)CN2C1=O.[Na+]. The minimum absolute atomic E-state index is 0. The van der Waals surface area contributed by atoms with Crippen LogP contribution in [-0.4, -0.2) is 185 Å². The van der Waals surface area contributed by atoms with Crippen molar-refractivity contribution in [3.05, 3.63) is 59.7 Å². The second-order valence-electron chi connectivity index (χ2n) is 17.5. The first-order valence-corrected chi connectivity index (χ1v) is 23.0. The van der Waals surface area contributed by atoms with Crippen LogP contribution in [0.3, 0.4) is 0 Å². The van der Waals surface area contributed by atoms with Gasteiger partial charge in [0.2, 0.25) is 41.4 Å². The molecule has 3 aliphatic rings. The van der Waals surface area contributed by atoms with Crippen molar-refractivity contribution in [1.82, 2.24) is 36.4 Å². The molecule has 0 spiro atoms. The monoisotopic (exact) mass is 1060 g/mol. The van der Waals surface area contributed by atoms with E-state index in [1.54, 1.807) is 30.3 Å². The molecule has 0 aliphatic carbocycles. The first-order valence-electron chi connectivity index (χ1n) is 22.3. The molecular formula is C43H57N8NaO20S. The second kappa shape index (κ2) is 27.8. The average Bonchev–Trinajstić information content (AvgIpc) is 3.87. The minimum atomic E-state index is -2.21. The first kappa shape index (κ1) is 60.1. The smallest absolute Gasteiger partial charge is 0.691 e. The number of aliphatic hydroxyl groups excluding tert-OH is 6. The van der Waals surface area contributed by atoms with Gasteiger partial charge in [-0.25, -0.2) is 4.79 Å². The molecule has 2 aromatic carbocycles. The third-order valence-electron chi connectivity index (χ3n) is 12.0. The van der Waals surface area contributed by atoms with Crippen LogP contribution in [0.5, 0.6) is 11.5 Å². The van der Waals surface area contributed by atoms with Crippen LogP contribution in [0.4, 0.5) is 4.79 Å². The fourth-order valence-electron chi connectivity index (χ4n) is 8.32. The van der Waals surface area contributed by atoms with E-state index >= 15 is 0 Å². The van der Waals surface area contributed by atoms with Crippen LogP contribution in [0.15, 0.2) is 48.5 Å². The van der Waals surface area contributed by atoms with Gasteiger partial charge in [0, 0.05) is 44.8 Å². The van der Waals surface area contributed by atoms with Crippen LogP contribution in [0.25, 0.3) is 0 Å². The Morgan fingerprint density at radius 2 is 1.49 bits per heavy atom. The number of hydrogen-bond acceptors (Lipinski definition) is 21. The zero-order valence-electron chi connectivity index (χ0n) is 39.6. The van der Waals surface area contributed by atoms with Crippen LogP contribution in [-0.2, 0) is 60.7 Å². The maximum Gasteiger partial charge on any atom is 1.00 e. The van der Waals surface area contributed by atoms with Gasteiger partial charge in [0.25, 0.3) is 12.3 Å². The zero-order chi connectivity index (χ0) is 53.0. The van der Waals surface area contributed by atoms with E-state index < -0.39 is 177 Å². The Kier molecular flexibility index (Phi) is 22.9. The van der Waals surface area contributed by atoms with Crippen molar-refractivity contribution in [3.8, 4) is 11.5 Å². The van der Waals surface area contributed by atoms with Crippen molar-refractivity contribution >= 4 is 59.8 Å². The molecule has 3 aliphatic heterocycles. The number of nitrogens with zero attached hydrogens (tertiary/aromatic N) is 2. The molecule has 0 saturated carbocycles. The van der Waals surface area contributed by atoms with Crippen molar-refractivity contribution in [1.29, 1.82) is 0 Å². The quantitative estimate of drug-likeness (QED) is 0.0275. The Balaban J connectivity index is 0.0000116. The number of rotatable bonds is 14. The third kappa shape index (κ3) is 16.3. The van der Waals surface area contributed by atoms with E-state index in [1.807, 2.05) is 0 Å². The van der Waals surface area contributed by atoms with E-state index in [1.165, 1.54) is 13.0 Å². The predicted molar refractivity (Wildman–Crippen MR) is 239 cm³/mol. The fourth-order valence-corrected chi connectivity index (χ4v) is 8.58. The molecule has 14 N–H and O–H groups in total. The average molecular weight is 1060 g/mol. The van der Waals surface area contributed by atoms with Gasteiger partial charge in [-0.2, -0.15) is 0 Å². The zero-order valence-corrected chi connectivity index (χ0v) is 42.4. The maximum absolute atomic E-state index is 14.5.